The van der Waals surface area contributed by atoms with Crippen LogP contribution in [0.2, 0.25) is 0 Å². The zero-order valence-electron chi connectivity index (χ0n) is 16.2. The Bertz CT molecular complexity index is 686. The molecule has 1 aromatic rings. The minimum absolute atomic E-state index is 0.0363. The third-order valence-corrected chi connectivity index (χ3v) is 4.89. The van der Waals surface area contributed by atoms with Crippen molar-refractivity contribution < 1.29 is 9.59 Å². The highest BCUT2D eigenvalue weighted by Crippen LogP contribution is 2.13. The van der Waals surface area contributed by atoms with E-state index in [4.69, 9.17) is 0 Å². The third kappa shape index (κ3) is 5.19. The maximum absolute atomic E-state index is 13.0. The van der Waals surface area contributed by atoms with Gasteiger partial charge in [-0.15, -0.1) is 0 Å². The van der Waals surface area contributed by atoms with Gasteiger partial charge in [-0.3, -0.25) is 14.4 Å². The molecule has 1 saturated heterocycles. The predicted octanol–water partition coefficient (Wildman–Crippen LogP) is 2.66. The van der Waals surface area contributed by atoms with Crippen LogP contribution in [-0.2, 0) is 6.54 Å². The largest absolute Gasteiger partial charge is 0.355 e. The maximum atomic E-state index is 13.0. The molecule has 0 bridgehead atoms. The van der Waals surface area contributed by atoms with Crippen LogP contribution >= 0.6 is 0 Å². The summed E-state index contributed by atoms with van der Waals surface area (Å²) in [5.74, 6) is -0.206. The van der Waals surface area contributed by atoms with Gasteiger partial charge in [0.05, 0.1) is 0 Å². The number of carbonyl (C=O) groups is 2. The molecule has 0 atom stereocenters. The molecule has 26 heavy (non-hydrogen) atoms. The molecule has 6 heteroatoms. The highest BCUT2D eigenvalue weighted by atomic mass is 16.2. The minimum atomic E-state index is -0.475. The topological polar surface area (TPSA) is 71.4 Å². The smallest absolute Gasteiger partial charge is 0.259 e. The van der Waals surface area contributed by atoms with Gasteiger partial charge in [0.15, 0.2) is 0 Å². The van der Waals surface area contributed by atoms with E-state index in [-0.39, 0.29) is 17.0 Å². The molecule has 0 radical (unpaired) electrons. The first-order valence-electron chi connectivity index (χ1n) is 9.69. The fraction of sp³-hybridized carbons (Fsp3) is 0.650. The van der Waals surface area contributed by atoms with E-state index in [0.717, 1.165) is 32.1 Å². The van der Waals surface area contributed by atoms with Crippen molar-refractivity contribution in [1.82, 2.24) is 14.8 Å². The number of amides is 2. The van der Waals surface area contributed by atoms with Crippen LogP contribution in [0.4, 0.5) is 0 Å². The fourth-order valence-corrected chi connectivity index (χ4v) is 3.24. The van der Waals surface area contributed by atoms with E-state index in [2.05, 4.69) is 19.2 Å². The van der Waals surface area contributed by atoms with E-state index < -0.39 is 11.3 Å². The van der Waals surface area contributed by atoms with Gasteiger partial charge in [-0.05, 0) is 25.2 Å². The van der Waals surface area contributed by atoms with Crippen LogP contribution in [0, 0.1) is 5.92 Å². The second-order valence-corrected chi connectivity index (χ2v) is 7.47. The van der Waals surface area contributed by atoms with Crippen molar-refractivity contribution in [1.29, 1.82) is 0 Å². The quantitative estimate of drug-likeness (QED) is 0.876. The van der Waals surface area contributed by atoms with Crippen LogP contribution in [0.5, 0.6) is 0 Å². The Hall–Kier alpha value is -2.11. The molecule has 2 amide bonds. The first kappa shape index (κ1) is 20.2. The molecule has 2 heterocycles. The Balaban J connectivity index is 2.37. The predicted molar refractivity (Wildman–Crippen MR) is 103 cm³/mol. The second-order valence-electron chi connectivity index (χ2n) is 7.47. The molecule has 0 unspecified atom stereocenters. The molecular formula is C20H31N3O3. The van der Waals surface area contributed by atoms with Gasteiger partial charge >= 0.3 is 0 Å². The lowest BCUT2D eigenvalue weighted by atomic mass is 10.1. The molecule has 1 aliphatic rings. The summed E-state index contributed by atoms with van der Waals surface area (Å²) in [5.41, 5.74) is -0.332. The zero-order chi connectivity index (χ0) is 19.1. The molecule has 2 rings (SSSR count). The lowest BCUT2D eigenvalue weighted by Crippen LogP contribution is -2.39. The number of carbonyl (C=O) groups excluding carboxylic acids is 2. The average Bonchev–Trinajstić information content (AvgIpc) is 2.59. The SMILES string of the molecule is CNC(=O)c1cn(CCC(C)C)cc(C(=O)N2CCCCCCC2)c1=O. The van der Waals surface area contributed by atoms with Gasteiger partial charge in [0.1, 0.15) is 11.1 Å². The molecule has 0 aromatic carbocycles. The Morgan fingerprint density at radius 1 is 1.04 bits per heavy atom. The normalized spacial score (nSPS) is 15.5. The van der Waals surface area contributed by atoms with E-state index in [1.54, 1.807) is 17.3 Å². The Labute approximate surface area is 155 Å². The van der Waals surface area contributed by atoms with Crippen LogP contribution in [0.3, 0.4) is 0 Å². The van der Waals surface area contributed by atoms with Crippen LogP contribution in [-0.4, -0.2) is 41.4 Å². The van der Waals surface area contributed by atoms with E-state index in [1.165, 1.54) is 13.5 Å². The number of rotatable bonds is 5. The van der Waals surface area contributed by atoms with Crippen LogP contribution in [0.15, 0.2) is 17.2 Å². The molecule has 0 saturated carbocycles. The van der Waals surface area contributed by atoms with E-state index in [9.17, 15) is 14.4 Å². The lowest BCUT2D eigenvalue weighted by molar-refractivity contribution is 0.0740. The number of aromatic nitrogens is 1. The molecular weight excluding hydrogens is 330 g/mol. The van der Waals surface area contributed by atoms with Gasteiger partial charge in [0.2, 0.25) is 5.43 Å². The van der Waals surface area contributed by atoms with E-state index in [1.807, 2.05) is 4.57 Å². The maximum Gasteiger partial charge on any atom is 0.259 e. The summed E-state index contributed by atoms with van der Waals surface area (Å²) in [5, 5.41) is 2.50. The number of likely N-dealkylation sites (tertiary alicyclic amines) is 1. The number of nitrogens with zero attached hydrogens (tertiary/aromatic N) is 2. The minimum Gasteiger partial charge on any atom is -0.355 e. The van der Waals surface area contributed by atoms with Crippen molar-refractivity contribution in [2.24, 2.45) is 5.92 Å². The number of aryl methyl sites for hydroxylation is 1. The van der Waals surface area contributed by atoms with Gasteiger partial charge < -0.3 is 14.8 Å². The molecule has 1 aromatic heterocycles. The van der Waals surface area contributed by atoms with Gasteiger partial charge in [-0.25, -0.2) is 0 Å². The Kier molecular flexibility index (Phi) is 7.42. The number of hydrogen-bond donors (Lipinski definition) is 1. The molecule has 6 nitrogen and oxygen atoms in total. The van der Waals surface area contributed by atoms with Crippen molar-refractivity contribution in [3.8, 4) is 0 Å². The van der Waals surface area contributed by atoms with Crippen LogP contribution in [0.1, 0.15) is 73.1 Å². The first-order valence-corrected chi connectivity index (χ1v) is 9.69. The molecule has 1 N–H and O–H groups in total. The molecule has 0 spiro atoms. The highest BCUT2D eigenvalue weighted by molar-refractivity contribution is 5.99. The summed E-state index contributed by atoms with van der Waals surface area (Å²) < 4.78 is 1.81. The molecule has 144 valence electrons. The van der Waals surface area contributed by atoms with Crippen molar-refractivity contribution >= 4 is 11.8 Å². The highest BCUT2D eigenvalue weighted by Gasteiger charge is 2.23. The molecule has 0 aliphatic carbocycles. The summed E-state index contributed by atoms with van der Waals surface area (Å²) in [4.78, 5) is 39.7. The third-order valence-electron chi connectivity index (χ3n) is 4.89. The summed E-state index contributed by atoms with van der Waals surface area (Å²) in [7, 11) is 1.49. The summed E-state index contributed by atoms with van der Waals surface area (Å²) >= 11 is 0. The Morgan fingerprint density at radius 3 is 2.19 bits per heavy atom. The number of pyridine rings is 1. The number of nitrogens with one attached hydrogen (secondary N) is 1. The second kappa shape index (κ2) is 9.55. The van der Waals surface area contributed by atoms with Crippen LogP contribution < -0.4 is 10.7 Å². The van der Waals surface area contributed by atoms with E-state index >= 15 is 0 Å². The van der Waals surface area contributed by atoms with Gasteiger partial charge in [0.25, 0.3) is 11.8 Å². The summed E-state index contributed by atoms with van der Waals surface area (Å²) in [6, 6.07) is 0. The fourth-order valence-electron chi connectivity index (χ4n) is 3.24. The van der Waals surface area contributed by atoms with Crippen molar-refractivity contribution in [3.63, 3.8) is 0 Å². The Morgan fingerprint density at radius 2 is 1.62 bits per heavy atom. The lowest BCUT2D eigenvalue weighted by Gasteiger charge is -2.25. The van der Waals surface area contributed by atoms with Gasteiger partial charge in [0, 0.05) is 39.1 Å². The van der Waals surface area contributed by atoms with Crippen molar-refractivity contribution in [2.75, 3.05) is 20.1 Å². The monoisotopic (exact) mass is 361 g/mol. The summed E-state index contributed by atoms with van der Waals surface area (Å²) in [6.45, 7) is 6.26. The molecule has 1 fully saturated rings. The first-order chi connectivity index (χ1) is 12.4. The average molecular weight is 361 g/mol. The number of hydrogen-bond acceptors (Lipinski definition) is 3. The van der Waals surface area contributed by atoms with Gasteiger partial charge in [-0.1, -0.05) is 33.1 Å². The van der Waals surface area contributed by atoms with Crippen molar-refractivity contribution in [2.45, 2.75) is 58.9 Å². The van der Waals surface area contributed by atoms with E-state index in [0.29, 0.717) is 25.6 Å². The standard InChI is InChI=1S/C20H31N3O3/c1-15(2)9-12-22-13-16(19(25)21-3)18(24)17(14-22)20(26)23-10-7-5-4-6-8-11-23/h13-15H,4-12H2,1-3H3,(H,21,25). The summed E-state index contributed by atoms with van der Waals surface area (Å²) in [6.07, 6.45) is 9.45. The van der Waals surface area contributed by atoms with Crippen LogP contribution in [0.25, 0.3) is 0 Å². The van der Waals surface area contributed by atoms with Crippen molar-refractivity contribution in [3.05, 3.63) is 33.7 Å². The van der Waals surface area contributed by atoms with Gasteiger partial charge in [-0.2, -0.15) is 0 Å². The molecule has 1 aliphatic heterocycles. The zero-order valence-corrected chi connectivity index (χ0v) is 16.2.